The lowest BCUT2D eigenvalue weighted by Gasteiger charge is -2.29. The van der Waals surface area contributed by atoms with Gasteiger partial charge in [0, 0.05) is 6.04 Å². The SMILES string of the molecule is CC(CCN)N(C)C(C)C(=O)NC(N)=O. The molecule has 0 aromatic carbocycles. The first-order valence-corrected chi connectivity index (χ1v) is 4.92. The number of nitrogens with two attached hydrogens (primary N) is 2. The Labute approximate surface area is 90.0 Å². The van der Waals surface area contributed by atoms with Crippen LogP contribution in [0.5, 0.6) is 0 Å². The number of urea groups is 1. The van der Waals surface area contributed by atoms with Crippen LogP contribution in [0.1, 0.15) is 20.3 Å². The number of amides is 3. The van der Waals surface area contributed by atoms with Gasteiger partial charge in [-0.25, -0.2) is 4.79 Å². The zero-order valence-corrected chi connectivity index (χ0v) is 9.49. The van der Waals surface area contributed by atoms with Crippen molar-refractivity contribution in [3.8, 4) is 0 Å². The van der Waals surface area contributed by atoms with Gasteiger partial charge in [0.2, 0.25) is 5.91 Å². The molecule has 6 nitrogen and oxygen atoms in total. The fourth-order valence-corrected chi connectivity index (χ4v) is 1.24. The molecule has 0 fully saturated rings. The fourth-order valence-electron chi connectivity index (χ4n) is 1.24. The van der Waals surface area contributed by atoms with Crippen LogP contribution in [0.4, 0.5) is 4.79 Å². The highest BCUT2D eigenvalue weighted by Gasteiger charge is 2.22. The predicted octanol–water partition coefficient (Wildman–Crippen LogP) is -0.761. The van der Waals surface area contributed by atoms with Crippen LogP contribution in [-0.2, 0) is 4.79 Å². The monoisotopic (exact) mass is 216 g/mol. The third kappa shape index (κ3) is 4.75. The maximum absolute atomic E-state index is 11.4. The van der Waals surface area contributed by atoms with Gasteiger partial charge in [-0.05, 0) is 33.9 Å². The Morgan fingerprint density at radius 2 is 1.93 bits per heavy atom. The minimum atomic E-state index is -0.827. The van der Waals surface area contributed by atoms with Gasteiger partial charge >= 0.3 is 6.03 Å². The molecule has 88 valence electrons. The third-order valence-corrected chi connectivity index (χ3v) is 2.52. The van der Waals surface area contributed by atoms with Crippen molar-refractivity contribution in [2.45, 2.75) is 32.4 Å². The Bertz CT molecular complexity index is 232. The van der Waals surface area contributed by atoms with Crippen molar-refractivity contribution >= 4 is 11.9 Å². The second-order valence-electron chi connectivity index (χ2n) is 3.62. The van der Waals surface area contributed by atoms with E-state index >= 15 is 0 Å². The smallest absolute Gasteiger partial charge is 0.318 e. The number of nitrogens with one attached hydrogen (secondary N) is 1. The second kappa shape index (κ2) is 6.36. The highest BCUT2D eigenvalue weighted by molar-refractivity contribution is 5.96. The molecule has 0 aliphatic heterocycles. The van der Waals surface area contributed by atoms with E-state index in [4.69, 9.17) is 11.5 Å². The Morgan fingerprint density at radius 3 is 2.33 bits per heavy atom. The number of primary amides is 1. The molecule has 0 rings (SSSR count). The van der Waals surface area contributed by atoms with Gasteiger partial charge in [0.1, 0.15) is 0 Å². The average molecular weight is 216 g/mol. The number of imide groups is 1. The molecular formula is C9H20N4O2. The third-order valence-electron chi connectivity index (χ3n) is 2.52. The van der Waals surface area contributed by atoms with E-state index in [1.54, 1.807) is 6.92 Å². The summed E-state index contributed by atoms with van der Waals surface area (Å²) < 4.78 is 0. The topological polar surface area (TPSA) is 101 Å². The molecule has 0 heterocycles. The van der Waals surface area contributed by atoms with E-state index in [9.17, 15) is 9.59 Å². The summed E-state index contributed by atoms with van der Waals surface area (Å²) in [6.07, 6.45) is 0.796. The molecule has 15 heavy (non-hydrogen) atoms. The van der Waals surface area contributed by atoms with Crippen molar-refractivity contribution in [3.63, 3.8) is 0 Å². The molecular weight excluding hydrogens is 196 g/mol. The first-order valence-electron chi connectivity index (χ1n) is 4.92. The molecule has 0 saturated carbocycles. The number of carbonyl (C=O) groups is 2. The normalized spacial score (nSPS) is 14.7. The number of hydrogen-bond donors (Lipinski definition) is 3. The first-order chi connectivity index (χ1) is 6.90. The van der Waals surface area contributed by atoms with Crippen LogP contribution < -0.4 is 16.8 Å². The molecule has 2 atom stereocenters. The van der Waals surface area contributed by atoms with Crippen LogP contribution in [-0.4, -0.2) is 42.5 Å². The number of carbonyl (C=O) groups excluding carboxylic acids is 2. The highest BCUT2D eigenvalue weighted by atomic mass is 16.2. The largest absolute Gasteiger partial charge is 0.351 e. The van der Waals surface area contributed by atoms with Crippen LogP contribution in [0.15, 0.2) is 0 Å². The second-order valence-corrected chi connectivity index (χ2v) is 3.62. The van der Waals surface area contributed by atoms with Crippen molar-refractivity contribution in [2.75, 3.05) is 13.6 Å². The minimum Gasteiger partial charge on any atom is -0.351 e. The Morgan fingerprint density at radius 1 is 1.40 bits per heavy atom. The molecule has 3 amide bonds. The molecule has 0 bridgehead atoms. The van der Waals surface area contributed by atoms with Crippen molar-refractivity contribution in [3.05, 3.63) is 0 Å². The summed E-state index contributed by atoms with van der Waals surface area (Å²) in [5, 5.41) is 2.05. The molecule has 0 aromatic heterocycles. The van der Waals surface area contributed by atoms with E-state index in [0.717, 1.165) is 6.42 Å². The van der Waals surface area contributed by atoms with E-state index in [-0.39, 0.29) is 6.04 Å². The number of likely N-dealkylation sites (N-methyl/N-ethyl adjacent to an activating group) is 1. The lowest BCUT2D eigenvalue weighted by atomic mass is 10.1. The van der Waals surface area contributed by atoms with E-state index in [1.807, 2.05) is 24.2 Å². The van der Waals surface area contributed by atoms with Crippen molar-refractivity contribution in [1.82, 2.24) is 10.2 Å². The molecule has 0 aliphatic carbocycles. The predicted molar refractivity (Wildman–Crippen MR) is 58.1 cm³/mol. The summed E-state index contributed by atoms with van der Waals surface area (Å²) >= 11 is 0. The van der Waals surface area contributed by atoms with E-state index in [0.29, 0.717) is 6.54 Å². The van der Waals surface area contributed by atoms with Crippen LogP contribution in [0.3, 0.4) is 0 Å². The van der Waals surface area contributed by atoms with Crippen molar-refractivity contribution in [1.29, 1.82) is 0 Å². The number of nitrogens with zero attached hydrogens (tertiary/aromatic N) is 1. The van der Waals surface area contributed by atoms with Gasteiger partial charge in [0.25, 0.3) is 0 Å². The summed E-state index contributed by atoms with van der Waals surface area (Å²) in [7, 11) is 1.81. The van der Waals surface area contributed by atoms with Gasteiger partial charge in [0.05, 0.1) is 6.04 Å². The Balaban J connectivity index is 4.23. The van der Waals surface area contributed by atoms with Crippen molar-refractivity contribution in [2.24, 2.45) is 11.5 Å². The first kappa shape index (κ1) is 13.9. The molecule has 0 radical (unpaired) electrons. The zero-order valence-electron chi connectivity index (χ0n) is 9.49. The quantitative estimate of drug-likeness (QED) is 0.562. The van der Waals surface area contributed by atoms with Crippen LogP contribution in [0, 0.1) is 0 Å². The number of hydrogen-bond acceptors (Lipinski definition) is 4. The highest BCUT2D eigenvalue weighted by Crippen LogP contribution is 2.05. The maximum atomic E-state index is 11.4. The molecule has 5 N–H and O–H groups in total. The maximum Gasteiger partial charge on any atom is 0.318 e. The van der Waals surface area contributed by atoms with Crippen LogP contribution in [0.2, 0.25) is 0 Å². The van der Waals surface area contributed by atoms with Gasteiger partial charge in [-0.1, -0.05) is 0 Å². The summed E-state index contributed by atoms with van der Waals surface area (Å²) in [5.74, 6) is -0.395. The lowest BCUT2D eigenvalue weighted by molar-refractivity contribution is -0.124. The average Bonchev–Trinajstić information content (AvgIpc) is 2.14. The molecule has 0 spiro atoms. The Hall–Kier alpha value is -1.14. The lowest BCUT2D eigenvalue weighted by Crippen LogP contribution is -2.49. The van der Waals surface area contributed by atoms with E-state index < -0.39 is 18.0 Å². The van der Waals surface area contributed by atoms with Gasteiger partial charge in [-0.3, -0.25) is 15.0 Å². The number of rotatable bonds is 5. The standard InChI is InChI=1S/C9H20N4O2/c1-6(4-5-10)13(3)7(2)8(14)12-9(11)15/h6-7H,4-5,10H2,1-3H3,(H3,11,12,14,15). The minimum absolute atomic E-state index is 0.184. The molecule has 2 unspecified atom stereocenters. The Kier molecular flexibility index (Phi) is 5.88. The molecule has 0 aliphatic rings. The van der Waals surface area contributed by atoms with E-state index in [1.165, 1.54) is 0 Å². The molecule has 0 aromatic rings. The fraction of sp³-hybridized carbons (Fsp3) is 0.778. The summed E-state index contributed by atoms with van der Waals surface area (Å²) in [6.45, 7) is 4.25. The van der Waals surface area contributed by atoms with Gasteiger partial charge in [0.15, 0.2) is 0 Å². The van der Waals surface area contributed by atoms with Gasteiger partial charge < -0.3 is 11.5 Å². The zero-order chi connectivity index (χ0) is 12.0. The van der Waals surface area contributed by atoms with Crippen LogP contribution in [0.25, 0.3) is 0 Å². The summed E-state index contributed by atoms with van der Waals surface area (Å²) in [6, 6.07) is -1.05. The van der Waals surface area contributed by atoms with E-state index in [2.05, 4.69) is 0 Å². The molecule has 0 saturated heterocycles. The molecule has 6 heteroatoms. The van der Waals surface area contributed by atoms with Gasteiger partial charge in [-0.2, -0.15) is 0 Å². The van der Waals surface area contributed by atoms with Crippen molar-refractivity contribution < 1.29 is 9.59 Å². The summed E-state index contributed by atoms with van der Waals surface area (Å²) in [5.41, 5.74) is 10.3. The van der Waals surface area contributed by atoms with Crippen LogP contribution >= 0.6 is 0 Å². The summed E-state index contributed by atoms with van der Waals surface area (Å²) in [4.78, 5) is 23.8. The van der Waals surface area contributed by atoms with Gasteiger partial charge in [-0.15, -0.1) is 0 Å².